The van der Waals surface area contributed by atoms with E-state index in [2.05, 4.69) is 15.4 Å². The van der Waals surface area contributed by atoms with Crippen molar-refractivity contribution in [1.82, 2.24) is 19.9 Å². The molecule has 0 spiro atoms. The molecule has 0 saturated heterocycles. The minimum absolute atomic E-state index is 0.0259. The number of imidazole rings is 1. The molecule has 0 aliphatic heterocycles. The molecule has 17 heavy (non-hydrogen) atoms. The lowest BCUT2D eigenvalue weighted by molar-refractivity contribution is -0.128. The summed E-state index contributed by atoms with van der Waals surface area (Å²) in [4.78, 5) is 16.9. The Morgan fingerprint density at radius 1 is 1.53 bits per heavy atom. The maximum atomic E-state index is 11.7. The molecule has 92 valence electrons. The van der Waals surface area contributed by atoms with Gasteiger partial charge in [-0.05, 0) is 6.92 Å². The normalized spacial score (nSPS) is 12.0. The second-order valence-corrected chi connectivity index (χ2v) is 6.17. The van der Waals surface area contributed by atoms with E-state index in [-0.39, 0.29) is 11.3 Å². The van der Waals surface area contributed by atoms with Crippen LogP contribution in [-0.2, 0) is 11.3 Å². The summed E-state index contributed by atoms with van der Waals surface area (Å²) in [5.74, 6) is 0.0259. The molecule has 0 unspecified atom stereocenters. The lowest BCUT2D eigenvalue weighted by atomic mass is 9.96. The van der Waals surface area contributed by atoms with Gasteiger partial charge in [0.05, 0.1) is 18.4 Å². The summed E-state index contributed by atoms with van der Waals surface area (Å²) in [6.07, 6.45) is 1.85. The van der Waals surface area contributed by atoms with Gasteiger partial charge in [-0.15, -0.1) is 0 Å². The Morgan fingerprint density at radius 3 is 2.82 bits per heavy atom. The van der Waals surface area contributed by atoms with Crippen LogP contribution < -0.4 is 5.32 Å². The smallest absolute Gasteiger partial charge is 0.225 e. The molecule has 2 heterocycles. The highest BCUT2D eigenvalue weighted by Gasteiger charge is 2.20. The summed E-state index contributed by atoms with van der Waals surface area (Å²) in [5.41, 5.74) is 0.465. The van der Waals surface area contributed by atoms with E-state index in [0.717, 1.165) is 15.7 Å². The number of hydrogen-bond donors (Lipinski definition) is 1. The van der Waals surface area contributed by atoms with E-state index < -0.39 is 0 Å². The van der Waals surface area contributed by atoms with Gasteiger partial charge in [-0.1, -0.05) is 32.1 Å². The summed E-state index contributed by atoms with van der Waals surface area (Å²) in [6, 6.07) is 0. The molecular formula is C11H16N4OS. The van der Waals surface area contributed by atoms with Crippen molar-refractivity contribution >= 4 is 22.2 Å². The van der Waals surface area contributed by atoms with Gasteiger partial charge >= 0.3 is 0 Å². The van der Waals surface area contributed by atoms with Gasteiger partial charge < -0.3 is 5.32 Å². The number of rotatable bonds is 2. The van der Waals surface area contributed by atoms with E-state index in [1.165, 1.54) is 0 Å². The molecule has 0 atom stereocenters. The molecule has 0 bridgehead atoms. The highest BCUT2D eigenvalue weighted by Crippen LogP contribution is 2.15. The first-order chi connectivity index (χ1) is 7.86. The molecular weight excluding hydrogens is 236 g/mol. The number of aromatic nitrogens is 3. The van der Waals surface area contributed by atoms with Crippen molar-refractivity contribution in [3.05, 3.63) is 16.9 Å². The van der Waals surface area contributed by atoms with Crippen LogP contribution in [0.4, 0.5) is 0 Å². The van der Waals surface area contributed by atoms with Crippen molar-refractivity contribution in [2.45, 2.75) is 34.2 Å². The van der Waals surface area contributed by atoms with Gasteiger partial charge in [0.25, 0.3) is 0 Å². The predicted molar refractivity (Wildman–Crippen MR) is 66.9 cm³/mol. The highest BCUT2D eigenvalue weighted by atomic mass is 32.1. The number of carbonyl (C=O) groups excluding carboxylic acids is 1. The molecule has 1 amide bonds. The third kappa shape index (κ3) is 2.63. The van der Waals surface area contributed by atoms with E-state index in [9.17, 15) is 4.79 Å². The number of aryl methyl sites for hydroxylation is 1. The van der Waals surface area contributed by atoms with Crippen LogP contribution >= 0.6 is 11.3 Å². The Morgan fingerprint density at radius 2 is 2.24 bits per heavy atom. The van der Waals surface area contributed by atoms with Gasteiger partial charge in [-0.2, -0.15) is 5.10 Å². The summed E-state index contributed by atoms with van der Waals surface area (Å²) in [5, 5.41) is 8.12. The average molecular weight is 252 g/mol. The van der Waals surface area contributed by atoms with Crippen LogP contribution in [0.2, 0.25) is 0 Å². The number of nitrogens with one attached hydrogen (secondary N) is 1. The third-order valence-corrected chi connectivity index (χ3v) is 3.14. The van der Waals surface area contributed by atoms with Crippen molar-refractivity contribution < 1.29 is 4.79 Å². The Hall–Kier alpha value is -1.43. The van der Waals surface area contributed by atoms with Crippen molar-refractivity contribution in [2.75, 3.05) is 0 Å². The van der Waals surface area contributed by atoms with E-state index in [1.54, 1.807) is 15.9 Å². The fraction of sp³-hybridized carbons (Fsp3) is 0.545. The largest absolute Gasteiger partial charge is 0.350 e. The highest BCUT2D eigenvalue weighted by molar-refractivity contribution is 7.16. The molecule has 0 aliphatic rings. The lowest BCUT2D eigenvalue weighted by Gasteiger charge is -2.16. The van der Waals surface area contributed by atoms with E-state index in [0.29, 0.717) is 6.54 Å². The van der Waals surface area contributed by atoms with Crippen LogP contribution in [0.3, 0.4) is 0 Å². The number of hydrogen-bond acceptors (Lipinski definition) is 4. The fourth-order valence-corrected chi connectivity index (χ4v) is 2.11. The van der Waals surface area contributed by atoms with Crippen molar-refractivity contribution in [1.29, 1.82) is 0 Å². The average Bonchev–Trinajstić information content (AvgIpc) is 2.68. The zero-order valence-electron chi connectivity index (χ0n) is 10.4. The minimum atomic E-state index is -0.369. The van der Waals surface area contributed by atoms with E-state index in [4.69, 9.17) is 0 Å². The Kier molecular flexibility index (Phi) is 2.91. The molecule has 2 rings (SSSR count). The molecule has 5 nitrogen and oxygen atoms in total. The van der Waals surface area contributed by atoms with Crippen molar-refractivity contribution in [2.24, 2.45) is 5.41 Å². The molecule has 0 radical (unpaired) electrons. The van der Waals surface area contributed by atoms with Crippen LogP contribution in [0, 0.1) is 12.3 Å². The number of carbonyl (C=O) groups is 1. The van der Waals surface area contributed by atoms with Crippen LogP contribution in [0.15, 0.2) is 6.20 Å². The SMILES string of the molecule is Cc1nn2cc(CNC(=O)C(C)(C)C)nc2s1. The first-order valence-electron chi connectivity index (χ1n) is 5.46. The summed E-state index contributed by atoms with van der Waals surface area (Å²) in [6.45, 7) is 8.06. The second-order valence-electron chi connectivity index (χ2n) is 5.01. The van der Waals surface area contributed by atoms with Gasteiger partial charge in [0, 0.05) is 5.41 Å². The van der Waals surface area contributed by atoms with Gasteiger partial charge in [-0.25, -0.2) is 9.50 Å². The lowest BCUT2D eigenvalue weighted by Crippen LogP contribution is -2.34. The quantitative estimate of drug-likeness (QED) is 0.886. The monoisotopic (exact) mass is 252 g/mol. The second kappa shape index (κ2) is 4.10. The number of nitrogens with zero attached hydrogens (tertiary/aromatic N) is 3. The first-order valence-corrected chi connectivity index (χ1v) is 6.28. The van der Waals surface area contributed by atoms with E-state index >= 15 is 0 Å². The van der Waals surface area contributed by atoms with Gasteiger partial charge in [0.15, 0.2) is 0 Å². The minimum Gasteiger partial charge on any atom is -0.350 e. The van der Waals surface area contributed by atoms with E-state index in [1.807, 2.05) is 33.9 Å². The molecule has 0 fully saturated rings. The number of fused-ring (bicyclic) bond motifs is 1. The molecule has 1 N–H and O–H groups in total. The third-order valence-electron chi connectivity index (χ3n) is 2.31. The van der Waals surface area contributed by atoms with Gasteiger partial charge in [0.2, 0.25) is 10.9 Å². The Bertz CT molecular complexity index is 518. The first kappa shape index (κ1) is 12.0. The Balaban J connectivity index is 2.04. The zero-order chi connectivity index (χ0) is 12.6. The molecule has 0 aliphatic carbocycles. The molecule has 6 heteroatoms. The summed E-state index contributed by atoms with van der Waals surface area (Å²) >= 11 is 1.54. The summed E-state index contributed by atoms with van der Waals surface area (Å²) < 4.78 is 1.75. The van der Waals surface area contributed by atoms with Gasteiger partial charge in [0.1, 0.15) is 5.01 Å². The molecule has 0 aromatic carbocycles. The zero-order valence-corrected chi connectivity index (χ0v) is 11.3. The van der Waals surface area contributed by atoms with Crippen LogP contribution in [0.1, 0.15) is 31.5 Å². The molecule has 2 aromatic heterocycles. The van der Waals surface area contributed by atoms with Crippen molar-refractivity contribution in [3.8, 4) is 0 Å². The predicted octanol–water partition coefficient (Wildman–Crippen LogP) is 1.76. The standard InChI is InChI=1S/C11H16N4OS/c1-7-14-15-6-8(13-10(15)17-7)5-12-9(16)11(2,3)4/h6H,5H2,1-4H3,(H,12,16). The van der Waals surface area contributed by atoms with Gasteiger partial charge in [-0.3, -0.25) is 4.79 Å². The van der Waals surface area contributed by atoms with Crippen LogP contribution in [0.25, 0.3) is 4.96 Å². The maximum Gasteiger partial charge on any atom is 0.225 e. The Labute approximate surface area is 104 Å². The maximum absolute atomic E-state index is 11.7. The number of amides is 1. The summed E-state index contributed by atoms with van der Waals surface area (Å²) in [7, 11) is 0. The van der Waals surface area contributed by atoms with Crippen LogP contribution in [0.5, 0.6) is 0 Å². The fourth-order valence-electron chi connectivity index (χ4n) is 1.37. The van der Waals surface area contributed by atoms with Crippen LogP contribution in [-0.4, -0.2) is 20.5 Å². The van der Waals surface area contributed by atoms with Crippen molar-refractivity contribution in [3.63, 3.8) is 0 Å². The topological polar surface area (TPSA) is 59.3 Å². The molecule has 2 aromatic rings. The molecule has 0 saturated carbocycles.